The van der Waals surface area contributed by atoms with Crippen LogP contribution in [0.25, 0.3) is 10.4 Å². The number of hydrogen-bond acceptors (Lipinski definition) is 4. The number of aryl methyl sites for hydroxylation is 2. The highest BCUT2D eigenvalue weighted by Gasteiger charge is 2.16. The van der Waals surface area contributed by atoms with E-state index in [4.69, 9.17) is 10.5 Å². The Hall–Kier alpha value is -1.81. The summed E-state index contributed by atoms with van der Waals surface area (Å²) in [6.45, 7) is 4.11. The first-order chi connectivity index (χ1) is 8.52. The summed E-state index contributed by atoms with van der Waals surface area (Å²) in [5, 5.41) is 0. The first-order valence-electron chi connectivity index (χ1n) is 5.58. The highest BCUT2D eigenvalue weighted by Crippen LogP contribution is 2.35. The molecule has 0 aliphatic carbocycles. The van der Waals surface area contributed by atoms with Crippen LogP contribution in [0.4, 0.5) is 5.69 Å². The lowest BCUT2D eigenvalue weighted by molar-refractivity contribution is 0.0607. The first kappa shape index (κ1) is 12.6. The molecule has 3 nitrogen and oxygen atoms in total. The van der Waals surface area contributed by atoms with Crippen LogP contribution in [0.3, 0.4) is 0 Å². The highest BCUT2D eigenvalue weighted by atomic mass is 32.1. The standard InChI is InChI=1S/C14H15NO2S/c1-8-4-5-10(9(2)6-8)12-7-11(15)13(18-12)14(16)17-3/h4-7H,15H2,1-3H3. The number of thiophene rings is 1. The summed E-state index contributed by atoms with van der Waals surface area (Å²) >= 11 is 1.37. The van der Waals surface area contributed by atoms with Crippen molar-refractivity contribution in [2.45, 2.75) is 13.8 Å². The molecule has 0 fully saturated rings. The third-order valence-electron chi connectivity index (χ3n) is 2.78. The molecule has 1 aromatic heterocycles. The van der Waals surface area contributed by atoms with Crippen molar-refractivity contribution in [1.82, 2.24) is 0 Å². The van der Waals surface area contributed by atoms with Crippen molar-refractivity contribution in [3.05, 3.63) is 40.3 Å². The molecule has 0 radical (unpaired) electrons. The molecule has 0 atom stereocenters. The van der Waals surface area contributed by atoms with E-state index in [2.05, 4.69) is 32.0 Å². The number of methoxy groups -OCH3 is 1. The minimum absolute atomic E-state index is 0.381. The van der Waals surface area contributed by atoms with Crippen molar-refractivity contribution < 1.29 is 9.53 Å². The number of nitrogen functional groups attached to an aromatic ring is 1. The minimum Gasteiger partial charge on any atom is -0.465 e. The fourth-order valence-electron chi connectivity index (χ4n) is 1.88. The van der Waals surface area contributed by atoms with Crippen LogP contribution < -0.4 is 5.73 Å². The topological polar surface area (TPSA) is 52.3 Å². The molecule has 2 rings (SSSR count). The van der Waals surface area contributed by atoms with Gasteiger partial charge in [-0.25, -0.2) is 4.79 Å². The van der Waals surface area contributed by atoms with Gasteiger partial charge in [0.25, 0.3) is 0 Å². The van der Waals surface area contributed by atoms with Crippen LogP contribution in [0.5, 0.6) is 0 Å². The van der Waals surface area contributed by atoms with E-state index in [-0.39, 0.29) is 5.97 Å². The maximum absolute atomic E-state index is 11.5. The van der Waals surface area contributed by atoms with E-state index in [1.807, 2.05) is 6.07 Å². The Morgan fingerprint density at radius 1 is 1.28 bits per heavy atom. The van der Waals surface area contributed by atoms with Gasteiger partial charge in [-0.15, -0.1) is 11.3 Å². The molecule has 0 unspecified atom stereocenters. The van der Waals surface area contributed by atoms with Gasteiger partial charge in [-0.2, -0.15) is 0 Å². The van der Waals surface area contributed by atoms with E-state index < -0.39 is 0 Å². The molecule has 0 saturated heterocycles. The third-order valence-corrected chi connectivity index (χ3v) is 3.94. The molecule has 0 bridgehead atoms. The second kappa shape index (κ2) is 4.82. The van der Waals surface area contributed by atoms with E-state index in [0.717, 1.165) is 10.4 Å². The summed E-state index contributed by atoms with van der Waals surface area (Å²) in [6, 6.07) is 8.05. The first-order valence-corrected chi connectivity index (χ1v) is 6.40. The maximum Gasteiger partial charge on any atom is 0.350 e. The predicted octanol–water partition coefficient (Wildman–Crippen LogP) is 3.40. The van der Waals surface area contributed by atoms with Crippen LogP contribution in [-0.4, -0.2) is 13.1 Å². The van der Waals surface area contributed by atoms with Crippen LogP contribution in [-0.2, 0) is 4.74 Å². The average molecular weight is 261 g/mol. The SMILES string of the molecule is COC(=O)c1sc(-c2ccc(C)cc2C)cc1N. The van der Waals surface area contributed by atoms with Crippen LogP contribution >= 0.6 is 11.3 Å². The molecule has 0 saturated carbocycles. The Kier molecular flexibility index (Phi) is 3.39. The van der Waals surface area contributed by atoms with Crippen molar-refractivity contribution in [1.29, 1.82) is 0 Å². The number of anilines is 1. The molecule has 2 aromatic rings. The number of carbonyl (C=O) groups excluding carboxylic acids is 1. The van der Waals surface area contributed by atoms with Gasteiger partial charge in [-0.3, -0.25) is 0 Å². The Morgan fingerprint density at radius 3 is 2.61 bits per heavy atom. The summed E-state index contributed by atoms with van der Waals surface area (Å²) < 4.78 is 4.71. The Balaban J connectivity index is 2.49. The monoisotopic (exact) mass is 261 g/mol. The van der Waals surface area contributed by atoms with Gasteiger partial charge in [-0.05, 0) is 31.0 Å². The lowest BCUT2D eigenvalue weighted by Gasteiger charge is -2.03. The number of hydrogen-bond donors (Lipinski definition) is 1. The molecule has 0 amide bonds. The maximum atomic E-state index is 11.5. The van der Waals surface area contributed by atoms with E-state index in [9.17, 15) is 4.79 Å². The van der Waals surface area contributed by atoms with Crippen LogP contribution in [0, 0.1) is 13.8 Å². The summed E-state index contributed by atoms with van der Waals surface area (Å²) in [7, 11) is 1.36. The zero-order chi connectivity index (χ0) is 13.3. The summed E-state index contributed by atoms with van der Waals surface area (Å²) in [5.74, 6) is -0.381. The van der Waals surface area contributed by atoms with Crippen molar-refractivity contribution in [2.24, 2.45) is 0 Å². The second-order valence-corrected chi connectivity index (χ2v) is 5.26. The predicted molar refractivity (Wildman–Crippen MR) is 75.0 cm³/mol. The zero-order valence-corrected chi connectivity index (χ0v) is 11.4. The number of benzene rings is 1. The van der Waals surface area contributed by atoms with Gasteiger partial charge < -0.3 is 10.5 Å². The molecule has 0 spiro atoms. The molecule has 1 aromatic carbocycles. The number of nitrogens with two attached hydrogens (primary N) is 1. The fourth-order valence-corrected chi connectivity index (χ4v) is 2.97. The minimum atomic E-state index is -0.381. The van der Waals surface area contributed by atoms with Crippen molar-refractivity contribution in [3.8, 4) is 10.4 Å². The van der Waals surface area contributed by atoms with Gasteiger partial charge in [0.05, 0.1) is 12.8 Å². The number of ether oxygens (including phenoxy) is 1. The third kappa shape index (κ3) is 2.24. The summed E-state index contributed by atoms with van der Waals surface area (Å²) in [5.41, 5.74) is 9.81. The summed E-state index contributed by atoms with van der Waals surface area (Å²) in [6.07, 6.45) is 0. The lowest BCUT2D eigenvalue weighted by atomic mass is 10.0. The fraction of sp³-hybridized carbons (Fsp3) is 0.214. The largest absolute Gasteiger partial charge is 0.465 e. The Labute approximate surface area is 110 Å². The number of carbonyl (C=O) groups is 1. The van der Waals surface area contributed by atoms with Gasteiger partial charge in [0.15, 0.2) is 0 Å². The van der Waals surface area contributed by atoms with Crippen LogP contribution in [0.1, 0.15) is 20.8 Å². The molecular weight excluding hydrogens is 246 g/mol. The molecule has 4 heteroatoms. The zero-order valence-electron chi connectivity index (χ0n) is 10.6. The quantitative estimate of drug-likeness (QED) is 0.843. The van der Waals surface area contributed by atoms with E-state index in [0.29, 0.717) is 10.6 Å². The molecule has 0 aliphatic heterocycles. The van der Waals surface area contributed by atoms with Crippen LogP contribution in [0.2, 0.25) is 0 Å². The Bertz CT molecular complexity index is 602. The Morgan fingerprint density at radius 2 is 2.00 bits per heavy atom. The van der Waals surface area contributed by atoms with Crippen molar-refractivity contribution in [2.75, 3.05) is 12.8 Å². The number of rotatable bonds is 2. The van der Waals surface area contributed by atoms with Crippen molar-refractivity contribution in [3.63, 3.8) is 0 Å². The van der Waals surface area contributed by atoms with Gasteiger partial charge in [-0.1, -0.05) is 23.8 Å². The molecule has 1 heterocycles. The molecule has 94 valence electrons. The smallest absolute Gasteiger partial charge is 0.350 e. The van der Waals surface area contributed by atoms with Gasteiger partial charge in [0.2, 0.25) is 0 Å². The van der Waals surface area contributed by atoms with Gasteiger partial charge >= 0.3 is 5.97 Å². The highest BCUT2D eigenvalue weighted by molar-refractivity contribution is 7.18. The number of esters is 1. The van der Waals surface area contributed by atoms with Gasteiger partial charge in [0.1, 0.15) is 4.88 Å². The molecule has 18 heavy (non-hydrogen) atoms. The average Bonchev–Trinajstić information content (AvgIpc) is 2.70. The normalized spacial score (nSPS) is 10.4. The molecule has 0 aliphatic rings. The second-order valence-electron chi connectivity index (χ2n) is 4.21. The van der Waals surface area contributed by atoms with E-state index in [1.165, 1.54) is 29.6 Å². The van der Waals surface area contributed by atoms with Crippen molar-refractivity contribution >= 4 is 23.0 Å². The lowest BCUT2D eigenvalue weighted by Crippen LogP contribution is -2.00. The van der Waals surface area contributed by atoms with Gasteiger partial charge in [0, 0.05) is 4.88 Å². The summed E-state index contributed by atoms with van der Waals surface area (Å²) in [4.78, 5) is 13.0. The van der Waals surface area contributed by atoms with E-state index >= 15 is 0 Å². The molecular formula is C14H15NO2S. The molecule has 2 N–H and O–H groups in total. The van der Waals surface area contributed by atoms with Crippen LogP contribution in [0.15, 0.2) is 24.3 Å². The van der Waals surface area contributed by atoms with E-state index in [1.54, 1.807) is 0 Å².